The van der Waals surface area contributed by atoms with Gasteiger partial charge in [0.05, 0.1) is 22.3 Å². The number of aromatic nitrogens is 2. The second kappa shape index (κ2) is 8.56. The molecule has 0 N–H and O–H groups in total. The van der Waals surface area contributed by atoms with Crippen LogP contribution in [0.3, 0.4) is 0 Å². The molecule has 0 aliphatic carbocycles. The molecular formula is C25H23N3O2S2. The molecule has 0 bridgehead atoms. The summed E-state index contributed by atoms with van der Waals surface area (Å²) in [6, 6.07) is 15.5. The number of rotatable bonds is 4. The average molecular weight is 462 g/mol. The highest BCUT2D eigenvalue weighted by atomic mass is 32.2. The number of carbonyl (C=O) groups excluding carboxylic acids is 1. The van der Waals surface area contributed by atoms with Crippen LogP contribution in [0.1, 0.15) is 21.6 Å². The number of thiophene rings is 1. The van der Waals surface area contributed by atoms with Crippen molar-refractivity contribution in [3.63, 3.8) is 0 Å². The van der Waals surface area contributed by atoms with Crippen LogP contribution in [0.5, 0.6) is 0 Å². The van der Waals surface area contributed by atoms with Gasteiger partial charge < -0.3 is 4.90 Å². The minimum Gasteiger partial charge on any atom is -0.337 e. The molecular weight excluding hydrogens is 438 g/mol. The van der Waals surface area contributed by atoms with Gasteiger partial charge in [-0.05, 0) is 66.6 Å². The van der Waals surface area contributed by atoms with E-state index >= 15 is 0 Å². The number of carbonyl (C=O) groups is 1. The van der Waals surface area contributed by atoms with Crippen molar-refractivity contribution in [2.24, 2.45) is 0 Å². The van der Waals surface area contributed by atoms with Gasteiger partial charge in [-0.15, -0.1) is 11.3 Å². The molecule has 0 fully saturated rings. The summed E-state index contributed by atoms with van der Waals surface area (Å²) in [5.41, 5.74) is 4.65. The normalized spacial score (nSPS) is 13.4. The molecule has 0 unspecified atom stereocenters. The lowest BCUT2D eigenvalue weighted by molar-refractivity contribution is -0.129. The van der Waals surface area contributed by atoms with Gasteiger partial charge in [-0.1, -0.05) is 36.0 Å². The maximum Gasteiger partial charge on any atom is 0.266 e. The van der Waals surface area contributed by atoms with Crippen LogP contribution in [0.2, 0.25) is 0 Å². The second-order valence-corrected chi connectivity index (χ2v) is 10.0. The minimum absolute atomic E-state index is 0.0711. The number of nitrogens with zero attached hydrogens (tertiary/aromatic N) is 3. The number of para-hydroxylation sites is 1. The average Bonchev–Trinajstić information content (AvgIpc) is 3.27. The molecule has 1 aliphatic rings. The summed E-state index contributed by atoms with van der Waals surface area (Å²) in [7, 11) is 0. The number of hydrogen-bond donors (Lipinski definition) is 0. The number of benzene rings is 2. The van der Waals surface area contributed by atoms with Crippen LogP contribution in [0, 0.1) is 13.8 Å². The van der Waals surface area contributed by atoms with Crippen LogP contribution in [-0.2, 0) is 17.8 Å². The molecule has 0 saturated heterocycles. The third-order valence-corrected chi connectivity index (χ3v) is 7.78. The standard InChI is InChI=1S/C25H23N3O2S2/c1-16-7-8-17(2)21(13-16)28-24(30)19-5-3-4-6-20(19)26-25(28)32-15-23(29)27-11-9-22-18(14-27)10-12-31-22/h3-8,10,12-13H,9,11,14-15H2,1-2H3. The van der Waals surface area contributed by atoms with Crippen molar-refractivity contribution in [2.45, 2.75) is 32.0 Å². The first-order valence-electron chi connectivity index (χ1n) is 10.6. The van der Waals surface area contributed by atoms with Crippen LogP contribution < -0.4 is 5.56 Å². The fourth-order valence-corrected chi connectivity index (χ4v) is 5.86. The Bertz CT molecular complexity index is 1390. The van der Waals surface area contributed by atoms with E-state index in [4.69, 9.17) is 4.98 Å². The smallest absolute Gasteiger partial charge is 0.266 e. The summed E-state index contributed by atoms with van der Waals surface area (Å²) in [5, 5.41) is 3.21. The topological polar surface area (TPSA) is 55.2 Å². The number of hydrogen-bond acceptors (Lipinski definition) is 5. The Balaban J connectivity index is 1.50. The fraction of sp³-hybridized carbons (Fsp3) is 0.240. The molecule has 7 heteroatoms. The van der Waals surface area contributed by atoms with E-state index in [0.717, 1.165) is 29.8 Å². The Morgan fingerprint density at radius 1 is 1.16 bits per heavy atom. The van der Waals surface area contributed by atoms with Gasteiger partial charge >= 0.3 is 0 Å². The molecule has 5 nitrogen and oxygen atoms in total. The summed E-state index contributed by atoms with van der Waals surface area (Å²) >= 11 is 3.10. The van der Waals surface area contributed by atoms with Crippen molar-refractivity contribution < 1.29 is 4.79 Å². The molecule has 4 aromatic rings. The monoisotopic (exact) mass is 461 g/mol. The van der Waals surface area contributed by atoms with Gasteiger partial charge in [0.1, 0.15) is 0 Å². The molecule has 3 heterocycles. The van der Waals surface area contributed by atoms with Crippen LogP contribution in [-0.4, -0.2) is 32.7 Å². The Morgan fingerprint density at radius 3 is 2.88 bits per heavy atom. The maximum atomic E-state index is 13.5. The zero-order valence-electron chi connectivity index (χ0n) is 18.0. The highest BCUT2D eigenvalue weighted by Crippen LogP contribution is 2.27. The summed E-state index contributed by atoms with van der Waals surface area (Å²) in [5.74, 6) is 0.316. The molecule has 5 rings (SSSR count). The fourth-order valence-electron chi connectivity index (χ4n) is 4.06. The molecule has 0 spiro atoms. The van der Waals surface area contributed by atoms with Gasteiger partial charge in [-0.3, -0.25) is 14.2 Å². The molecule has 2 aromatic heterocycles. The van der Waals surface area contributed by atoms with E-state index < -0.39 is 0 Å². The second-order valence-electron chi connectivity index (χ2n) is 8.07. The SMILES string of the molecule is Cc1ccc(C)c(-n2c(SCC(=O)N3CCc4sccc4C3)nc3ccccc3c2=O)c1. The molecule has 2 aromatic carbocycles. The van der Waals surface area contributed by atoms with Crippen LogP contribution in [0.4, 0.5) is 0 Å². The third-order valence-electron chi connectivity index (χ3n) is 5.84. The summed E-state index contributed by atoms with van der Waals surface area (Å²) in [4.78, 5) is 34.6. The van der Waals surface area contributed by atoms with Crippen molar-refractivity contribution in [1.82, 2.24) is 14.5 Å². The largest absolute Gasteiger partial charge is 0.337 e. The van der Waals surface area contributed by atoms with Crippen LogP contribution in [0.25, 0.3) is 16.6 Å². The molecule has 0 saturated carbocycles. The first-order valence-corrected chi connectivity index (χ1v) is 12.4. The van der Waals surface area contributed by atoms with Crippen molar-refractivity contribution in [3.8, 4) is 5.69 Å². The maximum absolute atomic E-state index is 13.5. The van der Waals surface area contributed by atoms with Crippen LogP contribution >= 0.6 is 23.1 Å². The van der Waals surface area contributed by atoms with Gasteiger partial charge in [-0.2, -0.15) is 0 Å². The number of aryl methyl sites for hydroxylation is 2. The summed E-state index contributed by atoms with van der Waals surface area (Å²) in [6.45, 7) is 5.39. The first-order chi connectivity index (χ1) is 15.5. The quantitative estimate of drug-likeness (QED) is 0.325. The predicted octanol–water partition coefficient (Wildman–Crippen LogP) is 4.74. The van der Waals surface area contributed by atoms with E-state index in [9.17, 15) is 9.59 Å². The molecule has 0 atom stereocenters. The number of fused-ring (bicyclic) bond motifs is 2. The lowest BCUT2D eigenvalue weighted by Crippen LogP contribution is -2.36. The van der Waals surface area contributed by atoms with Crippen molar-refractivity contribution in [1.29, 1.82) is 0 Å². The predicted molar refractivity (Wildman–Crippen MR) is 131 cm³/mol. The Kier molecular flexibility index (Phi) is 5.61. The molecule has 162 valence electrons. The van der Waals surface area contributed by atoms with Gasteiger partial charge in [-0.25, -0.2) is 4.98 Å². The minimum atomic E-state index is -0.111. The first kappa shape index (κ1) is 21.0. The molecule has 0 radical (unpaired) electrons. The van der Waals surface area contributed by atoms with E-state index in [2.05, 4.69) is 11.4 Å². The zero-order valence-corrected chi connectivity index (χ0v) is 19.6. The van der Waals surface area contributed by atoms with Gasteiger partial charge in [0, 0.05) is 18.0 Å². The number of thioether (sulfide) groups is 1. The van der Waals surface area contributed by atoms with E-state index in [1.54, 1.807) is 22.0 Å². The van der Waals surface area contributed by atoms with E-state index in [0.29, 0.717) is 22.6 Å². The third kappa shape index (κ3) is 3.87. The van der Waals surface area contributed by atoms with E-state index in [-0.39, 0.29) is 17.2 Å². The van der Waals surface area contributed by atoms with E-state index in [1.165, 1.54) is 22.2 Å². The summed E-state index contributed by atoms with van der Waals surface area (Å²) < 4.78 is 1.66. The molecule has 1 amide bonds. The van der Waals surface area contributed by atoms with Gasteiger partial charge in [0.25, 0.3) is 5.56 Å². The zero-order chi connectivity index (χ0) is 22.2. The highest BCUT2D eigenvalue weighted by molar-refractivity contribution is 7.99. The van der Waals surface area contributed by atoms with Crippen molar-refractivity contribution in [2.75, 3.05) is 12.3 Å². The van der Waals surface area contributed by atoms with E-state index in [1.807, 2.05) is 55.1 Å². The van der Waals surface area contributed by atoms with Crippen LogP contribution in [0.15, 0.2) is 63.9 Å². The van der Waals surface area contributed by atoms with Gasteiger partial charge in [0.15, 0.2) is 5.16 Å². The molecule has 32 heavy (non-hydrogen) atoms. The number of amides is 1. The van der Waals surface area contributed by atoms with Gasteiger partial charge in [0.2, 0.25) is 5.91 Å². The Labute approximate surface area is 194 Å². The lowest BCUT2D eigenvalue weighted by atomic mass is 10.1. The summed E-state index contributed by atoms with van der Waals surface area (Å²) in [6.07, 6.45) is 0.908. The Morgan fingerprint density at radius 2 is 2.00 bits per heavy atom. The van der Waals surface area contributed by atoms with Crippen molar-refractivity contribution in [3.05, 3.63) is 85.8 Å². The Hall–Kier alpha value is -2.90. The molecule has 1 aliphatic heterocycles. The van der Waals surface area contributed by atoms with Crippen molar-refractivity contribution >= 4 is 39.9 Å². The lowest BCUT2D eigenvalue weighted by Gasteiger charge is -2.27. The highest BCUT2D eigenvalue weighted by Gasteiger charge is 2.23.